The van der Waals surface area contributed by atoms with Crippen LogP contribution in [0.15, 0.2) is 0 Å². The molecule has 0 spiro atoms. The summed E-state index contributed by atoms with van der Waals surface area (Å²) < 4.78 is 0. The Morgan fingerprint density at radius 2 is 1.44 bits per heavy atom. The molecule has 0 radical (unpaired) electrons. The van der Waals surface area contributed by atoms with Crippen LogP contribution in [0.1, 0.15) is 79.1 Å². The Balaban J connectivity index is -0.000000214. The van der Waals surface area contributed by atoms with E-state index >= 15 is 0 Å². The molecule has 0 nitrogen and oxygen atoms in total. The Kier molecular flexibility index (Phi) is 26.4. The molecule has 0 aliphatic heterocycles. The van der Waals surface area contributed by atoms with Crippen molar-refractivity contribution in [1.29, 1.82) is 0 Å². The van der Waals surface area contributed by atoms with Crippen LogP contribution in [0, 0.1) is 32.1 Å². The molecule has 0 aromatic carbocycles. The fourth-order valence-electron chi connectivity index (χ4n) is 2.01. The van der Waals surface area contributed by atoms with Crippen molar-refractivity contribution in [2.45, 2.75) is 79.1 Å². The van der Waals surface area contributed by atoms with E-state index in [4.69, 9.17) is 0 Å². The van der Waals surface area contributed by atoms with Crippen LogP contribution in [-0.4, -0.2) is 0 Å². The van der Waals surface area contributed by atoms with Crippen molar-refractivity contribution in [3.8, 4) is 0 Å². The van der Waals surface area contributed by atoms with E-state index in [9.17, 15) is 0 Å². The van der Waals surface area contributed by atoms with Gasteiger partial charge in [-0.1, -0.05) is 65.2 Å². The summed E-state index contributed by atoms with van der Waals surface area (Å²) in [5, 5.41) is 0. The minimum absolute atomic E-state index is 0. The summed E-state index contributed by atoms with van der Waals surface area (Å²) in [6.45, 7) is 16.0. The minimum atomic E-state index is 0. The topological polar surface area (TPSA) is 0 Å². The minimum Gasteiger partial charge on any atom is -0.343 e. The Bertz CT molecular complexity index is 105. The molecule has 0 aromatic rings. The van der Waals surface area contributed by atoms with Crippen molar-refractivity contribution >= 4 is 0 Å². The van der Waals surface area contributed by atoms with Gasteiger partial charge in [-0.15, -0.1) is 0 Å². The normalized spacial score (nSPS) is 21.0. The van der Waals surface area contributed by atoms with E-state index in [-0.39, 0.29) is 21.1 Å². The van der Waals surface area contributed by atoms with Gasteiger partial charge in [-0.2, -0.15) is 25.7 Å². The van der Waals surface area contributed by atoms with Gasteiger partial charge in [0, 0.05) is 21.1 Å². The van der Waals surface area contributed by atoms with Crippen molar-refractivity contribution in [2.24, 2.45) is 11.8 Å². The van der Waals surface area contributed by atoms with Crippen molar-refractivity contribution in [3.63, 3.8) is 0 Å². The molecule has 1 aliphatic carbocycles. The molecule has 0 N–H and O–H groups in total. The Labute approximate surface area is 132 Å². The van der Waals surface area contributed by atoms with Crippen LogP contribution in [0.3, 0.4) is 0 Å². The Morgan fingerprint density at radius 3 is 1.67 bits per heavy atom. The van der Waals surface area contributed by atoms with Crippen molar-refractivity contribution in [1.82, 2.24) is 0 Å². The maximum atomic E-state index is 3.60. The second kappa shape index (κ2) is 20.0. The van der Waals surface area contributed by atoms with E-state index in [1.807, 2.05) is 0 Å². The predicted molar refractivity (Wildman–Crippen MR) is 81.6 cm³/mol. The summed E-state index contributed by atoms with van der Waals surface area (Å²) >= 11 is 0. The molecule has 1 rings (SSSR count). The summed E-state index contributed by atoms with van der Waals surface area (Å²) in [5.74, 6) is 1.98. The molecular formula is C17H35Pt-3. The molecular weight excluding hydrogens is 399 g/mol. The van der Waals surface area contributed by atoms with Gasteiger partial charge in [0.05, 0.1) is 0 Å². The smallest absolute Gasteiger partial charge is 0 e. The summed E-state index contributed by atoms with van der Waals surface area (Å²) in [7, 11) is 0. The Morgan fingerprint density at radius 1 is 1.00 bits per heavy atom. The van der Waals surface area contributed by atoms with Crippen LogP contribution in [0.4, 0.5) is 0 Å². The van der Waals surface area contributed by atoms with Gasteiger partial charge in [0.15, 0.2) is 0 Å². The van der Waals surface area contributed by atoms with E-state index in [0.29, 0.717) is 0 Å². The molecule has 1 saturated carbocycles. The molecule has 2 atom stereocenters. The zero-order chi connectivity index (χ0) is 13.5. The van der Waals surface area contributed by atoms with Gasteiger partial charge in [0.25, 0.3) is 0 Å². The third kappa shape index (κ3) is 14.7. The molecule has 1 fully saturated rings. The predicted octanol–water partition coefficient (Wildman–Crippen LogP) is 6.28. The zero-order valence-corrected chi connectivity index (χ0v) is 15.4. The van der Waals surface area contributed by atoms with Crippen molar-refractivity contribution in [2.75, 3.05) is 0 Å². The molecule has 116 valence electrons. The standard InChI is InChI=1S/C9H17.2C4H9.Pt/c1-3-8-6-5-7-9(8)4-2;2*1-3-4-2;/h3,8-9H,4-7H2,1-2H3;2*1,3-4H2,2H3;/q3*-1;. The first-order valence-electron chi connectivity index (χ1n) is 7.59. The number of unbranched alkanes of at least 4 members (excludes halogenated alkanes) is 2. The van der Waals surface area contributed by atoms with Crippen LogP contribution in [0.5, 0.6) is 0 Å². The van der Waals surface area contributed by atoms with Gasteiger partial charge in [-0.3, -0.25) is 0 Å². The average Bonchev–Trinajstić information content (AvgIpc) is 2.86. The van der Waals surface area contributed by atoms with Crippen LogP contribution < -0.4 is 0 Å². The SMILES string of the molecule is C[CH-]C1CCCC1CC.[CH2-]CCC.[CH2-]CCC.[Pt]. The molecule has 1 heteroatoms. The monoisotopic (exact) mass is 434 g/mol. The maximum absolute atomic E-state index is 3.60. The first kappa shape index (κ1) is 23.8. The average molecular weight is 435 g/mol. The van der Waals surface area contributed by atoms with Gasteiger partial charge in [0.2, 0.25) is 0 Å². The van der Waals surface area contributed by atoms with Gasteiger partial charge < -0.3 is 20.3 Å². The number of hydrogen-bond donors (Lipinski definition) is 0. The molecule has 0 aromatic heterocycles. The summed E-state index contributed by atoms with van der Waals surface area (Å²) in [4.78, 5) is 0. The van der Waals surface area contributed by atoms with Gasteiger partial charge in [0.1, 0.15) is 0 Å². The van der Waals surface area contributed by atoms with E-state index < -0.39 is 0 Å². The zero-order valence-electron chi connectivity index (χ0n) is 13.1. The first-order chi connectivity index (χ1) is 8.21. The maximum Gasteiger partial charge on any atom is 0 e. The van der Waals surface area contributed by atoms with Gasteiger partial charge in [-0.05, 0) is 0 Å². The fourth-order valence-corrected chi connectivity index (χ4v) is 2.01. The molecule has 1 aliphatic rings. The van der Waals surface area contributed by atoms with Crippen LogP contribution in [0.25, 0.3) is 0 Å². The number of hydrogen-bond acceptors (Lipinski definition) is 0. The van der Waals surface area contributed by atoms with E-state index in [2.05, 4.69) is 48.0 Å². The molecule has 0 bridgehead atoms. The molecule has 2 unspecified atom stereocenters. The van der Waals surface area contributed by atoms with Crippen LogP contribution >= 0.6 is 0 Å². The van der Waals surface area contributed by atoms with Crippen LogP contribution in [0.2, 0.25) is 0 Å². The summed E-state index contributed by atoms with van der Waals surface area (Å²) in [5.41, 5.74) is 0. The van der Waals surface area contributed by atoms with E-state index in [1.54, 1.807) is 0 Å². The quantitative estimate of drug-likeness (QED) is 0.457. The van der Waals surface area contributed by atoms with Gasteiger partial charge in [-0.25, -0.2) is 0 Å². The van der Waals surface area contributed by atoms with Crippen molar-refractivity contribution < 1.29 is 21.1 Å². The number of rotatable bonds is 4. The molecule has 18 heavy (non-hydrogen) atoms. The molecule has 0 heterocycles. The second-order valence-corrected chi connectivity index (χ2v) is 4.80. The first-order valence-corrected chi connectivity index (χ1v) is 7.59. The Hall–Kier alpha value is 0.688. The summed E-state index contributed by atoms with van der Waals surface area (Å²) in [6.07, 6.45) is 12.7. The van der Waals surface area contributed by atoms with E-state index in [0.717, 1.165) is 24.7 Å². The fraction of sp³-hybridized carbons (Fsp3) is 0.824. The third-order valence-electron chi connectivity index (χ3n) is 3.38. The second-order valence-electron chi connectivity index (χ2n) is 4.80. The molecule has 0 saturated heterocycles. The summed E-state index contributed by atoms with van der Waals surface area (Å²) in [6, 6.07) is 0. The van der Waals surface area contributed by atoms with E-state index in [1.165, 1.54) is 38.5 Å². The van der Waals surface area contributed by atoms with Gasteiger partial charge >= 0.3 is 0 Å². The largest absolute Gasteiger partial charge is 0.343 e. The third-order valence-corrected chi connectivity index (χ3v) is 3.38. The molecule has 0 amide bonds. The van der Waals surface area contributed by atoms with Crippen LogP contribution in [-0.2, 0) is 21.1 Å². The van der Waals surface area contributed by atoms with Crippen molar-refractivity contribution in [3.05, 3.63) is 20.3 Å².